The predicted octanol–water partition coefficient (Wildman–Crippen LogP) is 3.52. The predicted molar refractivity (Wildman–Crippen MR) is 77.9 cm³/mol. The first kappa shape index (κ1) is 14.2. The average molecular weight is 263 g/mol. The van der Waals surface area contributed by atoms with Crippen LogP contribution in [0.4, 0.5) is 0 Å². The van der Waals surface area contributed by atoms with Crippen molar-refractivity contribution >= 4 is 0 Å². The standard InChI is InChI=1S/C16H25NO2/c1-3-17-12-13-9-10-15(16(11-13)18-2)19-14-7-5-4-6-8-14/h9-11,14,17H,3-8,12H2,1-2H3. The Morgan fingerprint density at radius 1 is 1.16 bits per heavy atom. The Kier molecular flexibility index (Phi) is 5.52. The lowest BCUT2D eigenvalue weighted by atomic mass is 9.98. The van der Waals surface area contributed by atoms with E-state index < -0.39 is 0 Å². The lowest BCUT2D eigenvalue weighted by molar-refractivity contribution is 0.149. The van der Waals surface area contributed by atoms with Gasteiger partial charge in [0.05, 0.1) is 13.2 Å². The number of ether oxygens (including phenoxy) is 2. The molecule has 3 nitrogen and oxygen atoms in total. The summed E-state index contributed by atoms with van der Waals surface area (Å²) >= 11 is 0. The van der Waals surface area contributed by atoms with E-state index in [0.717, 1.165) is 24.6 Å². The Hall–Kier alpha value is -1.22. The summed E-state index contributed by atoms with van der Waals surface area (Å²) in [5.74, 6) is 1.73. The molecule has 0 heterocycles. The molecule has 19 heavy (non-hydrogen) atoms. The molecule has 106 valence electrons. The first-order chi connectivity index (χ1) is 9.33. The van der Waals surface area contributed by atoms with Gasteiger partial charge in [-0.05, 0) is 49.9 Å². The molecule has 0 aromatic heterocycles. The molecular weight excluding hydrogens is 238 g/mol. The largest absolute Gasteiger partial charge is 0.493 e. The fourth-order valence-corrected chi connectivity index (χ4v) is 2.55. The van der Waals surface area contributed by atoms with Crippen molar-refractivity contribution in [1.29, 1.82) is 0 Å². The van der Waals surface area contributed by atoms with Crippen molar-refractivity contribution in [2.24, 2.45) is 0 Å². The van der Waals surface area contributed by atoms with Gasteiger partial charge in [-0.1, -0.05) is 19.4 Å². The topological polar surface area (TPSA) is 30.5 Å². The molecular formula is C16H25NO2. The summed E-state index contributed by atoms with van der Waals surface area (Å²) in [5, 5.41) is 3.32. The fourth-order valence-electron chi connectivity index (χ4n) is 2.55. The van der Waals surface area contributed by atoms with Crippen molar-refractivity contribution in [2.75, 3.05) is 13.7 Å². The Balaban J connectivity index is 2.02. The van der Waals surface area contributed by atoms with Crippen LogP contribution in [0, 0.1) is 0 Å². The van der Waals surface area contributed by atoms with Crippen LogP contribution in [0.25, 0.3) is 0 Å². The van der Waals surface area contributed by atoms with E-state index in [-0.39, 0.29) is 0 Å². The second kappa shape index (κ2) is 7.39. The highest BCUT2D eigenvalue weighted by atomic mass is 16.5. The van der Waals surface area contributed by atoms with Gasteiger partial charge in [0.15, 0.2) is 11.5 Å². The normalized spacial score (nSPS) is 16.3. The molecule has 0 bridgehead atoms. The highest BCUT2D eigenvalue weighted by Crippen LogP contribution is 2.31. The second-order valence-electron chi connectivity index (χ2n) is 5.14. The smallest absolute Gasteiger partial charge is 0.161 e. The van der Waals surface area contributed by atoms with Crippen molar-refractivity contribution in [2.45, 2.75) is 51.7 Å². The molecule has 1 aromatic carbocycles. The number of nitrogens with one attached hydrogen (secondary N) is 1. The molecule has 0 aliphatic heterocycles. The summed E-state index contributed by atoms with van der Waals surface area (Å²) in [4.78, 5) is 0. The quantitative estimate of drug-likeness (QED) is 0.852. The van der Waals surface area contributed by atoms with Crippen LogP contribution in [-0.2, 0) is 6.54 Å². The molecule has 0 atom stereocenters. The van der Waals surface area contributed by atoms with Crippen LogP contribution in [0.2, 0.25) is 0 Å². The van der Waals surface area contributed by atoms with E-state index >= 15 is 0 Å². The molecule has 0 spiro atoms. The molecule has 1 aliphatic rings. The maximum absolute atomic E-state index is 6.09. The third-order valence-electron chi connectivity index (χ3n) is 3.65. The van der Waals surface area contributed by atoms with E-state index in [1.54, 1.807) is 7.11 Å². The zero-order chi connectivity index (χ0) is 13.5. The molecule has 1 N–H and O–H groups in total. The maximum Gasteiger partial charge on any atom is 0.161 e. The van der Waals surface area contributed by atoms with Gasteiger partial charge in [-0.25, -0.2) is 0 Å². The first-order valence-electron chi connectivity index (χ1n) is 7.37. The molecule has 0 amide bonds. The number of methoxy groups -OCH3 is 1. The van der Waals surface area contributed by atoms with Crippen LogP contribution >= 0.6 is 0 Å². The molecule has 1 aromatic rings. The molecule has 0 radical (unpaired) electrons. The van der Waals surface area contributed by atoms with Gasteiger partial charge >= 0.3 is 0 Å². The molecule has 0 saturated heterocycles. The Bertz CT molecular complexity index is 386. The van der Waals surface area contributed by atoms with Crippen molar-refractivity contribution < 1.29 is 9.47 Å². The zero-order valence-corrected chi connectivity index (χ0v) is 12.1. The minimum atomic E-state index is 0.363. The van der Waals surface area contributed by atoms with Gasteiger partial charge in [-0.15, -0.1) is 0 Å². The van der Waals surface area contributed by atoms with E-state index in [2.05, 4.69) is 24.4 Å². The summed E-state index contributed by atoms with van der Waals surface area (Å²) in [6.45, 7) is 3.96. The van der Waals surface area contributed by atoms with Crippen molar-refractivity contribution in [3.05, 3.63) is 23.8 Å². The Labute approximate surface area is 116 Å². The number of hydrogen-bond donors (Lipinski definition) is 1. The molecule has 1 fully saturated rings. The Morgan fingerprint density at radius 2 is 1.95 bits per heavy atom. The lowest BCUT2D eigenvalue weighted by Crippen LogP contribution is -2.20. The van der Waals surface area contributed by atoms with Gasteiger partial charge in [0.25, 0.3) is 0 Å². The monoisotopic (exact) mass is 263 g/mol. The highest BCUT2D eigenvalue weighted by molar-refractivity contribution is 5.43. The molecule has 0 unspecified atom stereocenters. The van der Waals surface area contributed by atoms with Crippen LogP contribution in [-0.4, -0.2) is 19.8 Å². The van der Waals surface area contributed by atoms with Gasteiger partial charge in [-0.2, -0.15) is 0 Å². The molecule has 1 aliphatic carbocycles. The van der Waals surface area contributed by atoms with Gasteiger partial charge in [0, 0.05) is 6.54 Å². The minimum Gasteiger partial charge on any atom is -0.493 e. The maximum atomic E-state index is 6.09. The zero-order valence-electron chi connectivity index (χ0n) is 12.1. The summed E-state index contributed by atoms with van der Waals surface area (Å²) in [6.07, 6.45) is 6.61. The number of rotatable bonds is 6. The first-order valence-corrected chi connectivity index (χ1v) is 7.37. The summed E-state index contributed by atoms with van der Waals surface area (Å²) in [6, 6.07) is 6.23. The van der Waals surface area contributed by atoms with Crippen molar-refractivity contribution in [3.63, 3.8) is 0 Å². The summed E-state index contributed by atoms with van der Waals surface area (Å²) in [7, 11) is 1.71. The lowest BCUT2D eigenvalue weighted by Gasteiger charge is -2.24. The number of hydrogen-bond acceptors (Lipinski definition) is 3. The average Bonchev–Trinajstić information content (AvgIpc) is 2.47. The van der Waals surface area contributed by atoms with Crippen molar-refractivity contribution in [1.82, 2.24) is 5.32 Å². The summed E-state index contributed by atoms with van der Waals surface area (Å²) in [5.41, 5.74) is 1.23. The van der Waals surface area contributed by atoms with E-state index in [4.69, 9.17) is 9.47 Å². The van der Waals surface area contributed by atoms with Crippen LogP contribution in [0.1, 0.15) is 44.6 Å². The minimum absolute atomic E-state index is 0.363. The Morgan fingerprint density at radius 3 is 2.63 bits per heavy atom. The third-order valence-corrected chi connectivity index (χ3v) is 3.65. The highest BCUT2D eigenvalue weighted by Gasteiger charge is 2.16. The van der Waals surface area contributed by atoms with Crippen LogP contribution in [0.15, 0.2) is 18.2 Å². The van der Waals surface area contributed by atoms with Gasteiger partial charge < -0.3 is 14.8 Å². The van der Waals surface area contributed by atoms with Crippen LogP contribution in [0.3, 0.4) is 0 Å². The molecule has 3 heteroatoms. The van der Waals surface area contributed by atoms with Gasteiger partial charge in [0.2, 0.25) is 0 Å². The SMILES string of the molecule is CCNCc1ccc(OC2CCCCC2)c(OC)c1. The van der Waals surface area contributed by atoms with E-state index in [1.807, 2.05) is 6.07 Å². The fraction of sp³-hybridized carbons (Fsp3) is 0.625. The van der Waals surface area contributed by atoms with E-state index in [1.165, 1.54) is 37.7 Å². The van der Waals surface area contributed by atoms with E-state index in [9.17, 15) is 0 Å². The van der Waals surface area contributed by atoms with Gasteiger partial charge in [0.1, 0.15) is 0 Å². The van der Waals surface area contributed by atoms with Crippen LogP contribution < -0.4 is 14.8 Å². The second-order valence-corrected chi connectivity index (χ2v) is 5.14. The van der Waals surface area contributed by atoms with Gasteiger partial charge in [-0.3, -0.25) is 0 Å². The van der Waals surface area contributed by atoms with Crippen molar-refractivity contribution in [3.8, 4) is 11.5 Å². The summed E-state index contributed by atoms with van der Waals surface area (Å²) < 4.78 is 11.5. The van der Waals surface area contributed by atoms with Crippen LogP contribution in [0.5, 0.6) is 11.5 Å². The van der Waals surface area contributed by atoms with E-state index in [0.29, 0.717) is 6.10 Å². The molecule has 1 saturated carbocycles. The third kappa shape index (κ3) is 4.13. The molecule has 2 rings (SSSR count). The number of benzene rings is 1.